The third kappa shape index (κ3) is 4.73. The third-order valence-corrected chi connectivity index (χ3v) is 8.44. The van der Waals surface area contributed by atoms with E-state index in [1.807, 2.05) is 0 Å². The van der Waals surface area contributed by atoms with Crippen molar-refractivity contribution in [2.75, 3.05) is 18.6 Å². The maximum atomic E-state index is 14.4. The van der Waals surface area contributed by atoms with Gasteiger partial charge >= 0.3 is 13.3 Å². The van der Waals surface area contributed by atoms with Crippen molar-refractivity contribution in [2.45, 2.75) is 12.1 Å². The highest BCUT2D eigenvalue weighted by Crippen LogP contribution is 2.63. The largest absolute Gasteiger partial charge is 0.492 e. The van der Waals surface area contributed by atoms with Gasteiger partial charge < -0.3 is 14.5 Å². The third-order valence-electron chi connectivity index (χ3n) is 3.92. The van der Waals surface area contributed by atoms with E-state index >= 15 is 0 Å². The Morgan fingerprint density at radius 3 is 2.63 bits per heavy atom. The Kier molecular flexibility index (Phi) is 6.38. The van der Waals surface area contributed by atoms with Gasteiger partial charge in [0.25, 0.3) is 0 Å². The minimum Gasteiger partial charge on any atom is -0.492 e. The van der Waals surface area contributed by atoms with Crippen LogP contribution >= 0.6 is 34.9 Å². The molecule has 3 aromatic rings. The first kappa shape index (κ1) is 23.2. The minimum atomic E-state index is -5.78. The lowest BCUT2D eigenvalue weighted by Crippen LogP contribution is -2.12. The highest BCUT2D eigenvalue weighted by molar-refractivity contribution is 9.10. The van der Waals surface area contributed by atoms with Crippen molar-refractivity contribution >= 4 is 54.8 Å². The normalized spacial score (nSPS) is 13.1. The molecule has 0 atom stereocenters. The predicted molar refractivity (Wildman–Crippen MR) is 111 cm³/mol. The molecule has 0 aliphatic rings. The molecule has 1 aromatic carbocycles. The number of benzene rings is 1. The highest BCUT2D eigenvalue weighted by Gasteiger charge is 2.53. The van der Waals surface area contributed by atoms with E-state index in [4.69, 9.17) is 14.5 Å². The zero-order valence-electron chi connectivity index (χ0n) is 15.2. The Morgan fingerprint density at radius 1 is 1.37 bits per heavy atom. The van der Waals surface area contributed by atoms with Crippen LogP contribution in [-0.4, -0.2) is 52.0 Å². The Morgan fingerprint density at radius 2 is 2.07 bits per heavy atom. The molecule has 3 N–H and O–H groups in total. The number of hydrogen-bond acceptors (Lipinski definition) is 7. The fourth-order valence-electron chi connectivity index (χ4n) is 2.55. The summed E-state index contributed by atoms with van der Waals surface area (Å²) < 4.78 is 68.3. The number of rotatable bonds is 8. The molecule has 0 spiro atoms. The minimum absolute atomic E-state index is 0.0145. The van der Waals surface area contributed by atoms with E-state index in [0.717, 1.165) is 6.26 Å². The van der Waals surface area contributed by atoms with E-state index in [1.165, 1.54) is 18.5 Å². The van der Waals surface area contributed by atoms with Gasteiger partial charge in [-0.1, -0.05) is 0 Å². The van der Waals surface area contributed by atoms with Crippen molar-refractivity contribution in [1.29, 1.82) is 0 Å². The fourth-order valence-corrected chi connectivity index (χ4v) is 6.17. The molecule has 0 unspecified atom stereocenters. The number of hydrogen-bond donors (Lipinski definition) is 3. The number of H-pyrrole nitrogens is 1. The van der Waals surface area contributed by atoms with Gasteiger partial charge in [0.1, 0.15) is 26.8 Å². The van der Waals surface area contributed by atoms with Crippen LogP contribution in [0.3, 0.4) is 0 Å². The second-order valence-electron chi connectivity index (χ2n) is 6.34. The van der Waals surface area contributed by atoms with Crippen LogP contribution in [0.2, 0.25) is 0 Å². The van der Waals surface area contributed by atoms with Gasteiger partial charge in [-0.3, -0.25) is 9.66 Å². The summed E-state index contributed by atoms with van der Waals surface area (Å²) in [5.74, 6) is 0.269. The molecule has 0 radical (unpaired) electrons. The maximum Gasteiger partial charge on any atom is 0.400 e. The number of sulfone groups is 1. The highest BCUT2D eigenvalue weighted by atomic mass is 79.9. The molecular formula is C15H15BrF2N3O6PS2. The van der Waals surface area contributed by atoms with E-state index in [9.17, 15) is 21.8 Å². The van der Waals surface area contributed by atoms with Crippen molar-refractivity contribution in [3.63, 3.8) is 0 Å². The number of fused-ring (bicyclic) bond motifs is 1. The van der Waals surface area contributed by atoms with Gasteiger partial charge in [-0.15, -0.1) is 11.3 Å². The number of aromatic amines is 1. The van der Waals surface area contributed by atoms with E-state index in [2.05, 4.69) is 31.1 Å². The molecule has 0 amide bonds. The lowest BCUT2D eigenvalue weighted by Gasteiger charge is -2.16. The number of nitrogens with one attached hydrogen (secondary N) is 1. The molecule has 3 rings (SSSR count). The summed E-state index contributed by atoms with van der Waals surface area (Å²) in [5, 5.41) is 6.69. The second-order valence-corrected chi connectivity index (χ2v) is 12.1. The second kappa shape index (κ2) is 8.24. The summed E-state index contributed by atoms with van der Waals surface area (Å²) in [7, 11) is -8.98. The van der Waals surface area contributed by atoms with Crippen molar-refractivity contribution in [2.24, 2.45) is 0 Å². The lowest BCUT2D eigenvalue weighted by atomic mass is 10.1. The van der Waals surface area contributed by atoms with Crippen LogP contribution in [0.4, 0.5) is 8.78 Å². The van der Waals surface area contributed by atoms with Gasteiger partial charge in [-0.2, -0.15) is 13.9 Å². The summed E-state index contributed by atoms with van der Waals surface area (Å²) in [6, 6.07) is 2.98. The molecule has 30 heavy (non-hydrogen) atoms. The predicted octanol–water partition coefficient (Wildman–Crippen LogP) is 3.49. The Hall–Kier alpha value is -1.44. The van der Waals surface area contributed by atoms with Gasteiger partial charge in [0.05, 0.1) is 17.1 Å². The molecule has 15 heteroatoms. The zero-order valence-corrected chi connectivity index (χ0v) is 19.3. The van der Waals surface area contributed by atoms with Crippen LogP contribution in [0.1, 0.15) is 11.3 Å². The van der Waals surface area contributed by atoms with Gasteiger partial charge in [0, 0.05) is 21.7 Å². The van der Waals surface area contributed by atoms with Crippen LogP contribution in [0.25, 0.3) is 21.5 Å². The molecule has 2 heterocycles. The molecule has 0 bridgehead atoms. The Labute approximate surface area is 181 Å². The summed E-state index contributed by atoms with van der Waals surface area (Å²) in [6.07, 6.45) is 2.58. The van der Waals surface area contributed by atoms with E-state index in [1.54, 1.807) is 0 Å². The summed E-state index contributed by atoms with van der Waals surface area (Å²) in [5.41, 5.74) is -4.00. The molecule has 0 saturated heterocycles. The van der Waals surface area contributed by atoms with Gasteiger partial charge in [-0.25, -0.2) is 13.4 Å². The first-order chi connectivity index (χ1) is 13.8. The monoisotopic (exact) mass is 545 g/mol. The van der Waals surface area contributed by atoms with Gasteiger partial charge in [0.15, 0.2) is 5.82 Å². The van der Waals surface area contributed by atoms with Crippen molar-refractivity contribution < 1.29 is 36.3 Å². The topological polar surface area (TPSA) is 142 Å². The number of aromatic nitrogens is 3. The van der Waals surface area contributed by atoms with Crippen LogP contribution in [-0.2, 0) is 20.1 Å². The fraction of sp³-hybridized carbons (Fsp3) is 0.333. The van der Waals surface area contributed by atoms with Crippen LogP contribution < -0.4 is 4.74 Å². The summed E-state index contributed by atoms with van der Waals surface area (Å²) in [4.78, 5) is 21.4. The van der Waals surface area contributed by atoms with Gasteiger partial charge in [-0.05, 0) is 34.5 Å². The SMILES string of the molecule is CS(=O)(=O)CCCOc1cc(-c2nc[nH]n2)cc2c(Br)c(C(F)(F)P(=O)(O)O)sc12. The maximum absolute atomic E-state index is 14.4. The molecule has 0 fully saturated rings. The number of alkyl halides is 2. The molecule has 2 aromatic heterocycles. The van der Waals surface area contributed by atoms with Crippen molar-refractivity contribution in [3.8, 4) is 17.1 Å². The summed E-state index contributed by atoms with van der Waals surface area (Å²) >= 11 is 3.50. The number of thiophene rings is 1. The van der Waals surface area contributed by atoms with E-state index in [-0.39, 0.29) is 44.9 Å². The van der Waals surface area contributed by atoms with Crippen LogP contribution in [0, 0.1) is 0 Å². The Bertz CT molecular complexity index is 1230. The van der Waals surface area contributed by atoms with Crippen LogP contribution in [0.15, 0.2) is 22.9 Å². The quantitative estimate of drug-likeness (QED) is 0.288. The molecule has 0 saturated carbocycles. The molecule has 9 nitrogen and oxygen atoms in total. The molecule has 0 aliphatic carbocycles. The Balaban J connectivity index is 2.10. The van der Waals surface area contributed by atoms with Crippen molar-refractivity contribution in [1.82, 2.24) is 15.2 Å². The van der Waals surface area contributed by atoms with E-state index < -0.39 is 28.0 Å². The average molecular weight is 546 g/mol. The first-order valence-electron chi connectivity index (χ1n) is 8.18. The molecular weight excluding hydrogens is 531 g/mol. The molecule has 0 aliphatic heterocycles. The molecule has 164 valence electrons. The van der Waals surface area contributed by atoms with E-state index in [0.29, 0.717) is 16.9 Å². The van der Waals surface area contributed by atoms with Gasteiger partial charge in [0.2, 0.25) is 0 Å². The van der Waals surface area contributed by atoms with Crippen molar-refractivity contribution in [3.05, 3.63) is 27.8 Å². The zero-order chi connectivity index (χ0) is 22.3. The lowest BCUT2D eigenvalue weighted by molar-refractivity contribution is 0.0595. The number of nitrogens with zero attached hydrogens (tertiary/aromatic N) is 2. The smallest absolute Gasteiger partial charge is 0.400 e. The standard InChI is InChI=1S/C15H15BrF2N3O6PS2/c1-30(25,26)4-2-3-27-10-6-8(14-19-7-20-21-14)5-9-11(16)13(29-12(9)10)15(17,18)28(22,23)24/h5-7H,2-4H2,1H3,(H,19,20,21)(H2,22,23,24). The first-order valence-corrected chi connectivity index (χ1v) is 13.5. The average Bonchev–Trinajstić information content (AvgIpc) is 3.25. The number of ether oxygens (including phenoxy) is 1. The van der Waals surface area contributed by atoms with Crippen LogP contribution in [0.5, 0.6) is 5.75 Å². The summed E-state index contributed by atoms with van der Waals surface area (Å²) in [6.45, 7) is -0.0145. The number of halogens is 3.